The number of aromatic carboxylic acids is 1. The highest BCUT2D eigenvalue weighted by Crippen LogP contribution is 2.16. The summed E-state index contributed by atoms with van der Waals surface area (Å²) >= 11 is 0. The maximum atomic E-state index is 12.1. The number of morpholine rings is 1. The van der Waals surface area contributed by atoms with Crippen molar-refractivity contribution in [2.24, 2.45) is 0 Å². The van der Waals surface area contributed by atoms with Crippen molar-refractivity contribution in [3.05, 3.63) is 23.7 Å². The molecule has 2 N–H and O–H groups in total. The molecule has 1 aromatic rings. The Morgan fingerprint density at radius 2 is 2.21 bits per heavy atom. The van der Waals surface area contributed by atoms with Crippen molar-refractivity contribution < 1.29 is 29.0 Å². The summed E-state index contributed by atoms with van der Waals surface area (Å²) in [7, 11) is 0. The van der Waals surface area contributed by atoms with Gasteiger partial charge in [0.25, 0.3) is 5.91 Å². The molecule has 0 bridgehead atoms. The topological polar surface area (TPSA) is 100 Å². The standard InChI is InChI=1S/C12H15NO6/c1-7-3-13(4-9(5-14)19-7)11(15)10-2-8(6-18-10)12(16)17/h2,6-7,9,14H,3-5H2,1H3,(H,16,17). The predicted molar refractivity (Wildman–Crippen MR) is 63.0 cm³/mol. The summed E-state index contributed by atoms with van der Waals surface area (Å²) in [6.07, 6.45) is 0.411. The number of carbonyl (C=O) groups excluding carboxylic acids is 1. The third kappa shape index (κ3) is 2.94. The van der Waals surface area contributed by atoms with Crippen LogP contribution in [0.2, 0.25) is 0 Å². The van der Waals surface area contributed by atoms with E-state index < -0.39 is 18.0 Å². The van der Waals surface area contributed by atoms with E-state index in [4.69, 9.17) is 19.4 Å². The van der Waals surface area contributed by atoms with Crippen LogP contribution in [0.4, 0.5) is 0 Å². The SMILES string of the molecule is CC1CN(C(=O)c2cc(C(=O)O)co2)CC(CO)O1. The van der Waals surface area contributed by atoms with Crippen molar-refractivity contribution in [3.8, 4) is 0 Å². The first-order chi connectivity index (χ1) is 9.01. The van der Waals surface area contributed by atoms with E-state index in [1.165, 1.54) is 11.0 Å². The molecular formula is C12H15NO6. The van der Waals surface area contributed by atoms with Crippen LogP contribution in [0.25, 0.3) is 0 Å². The van der Waals surface area contributed by atoms with Gasteiger partial charge in [0.1, 0.15) is 6.26 Å². The Balaban J connectivity index is 2.11. The fourth-order valence-electron chi connectivity index (χ4n) is 2.03. The van der Waals surface area contributed by atoms with Crippen molar-refractivity contribution in [1.29, 1.82) is 0 Å². The molecule has 1 aliphatic rings. The number of carbonyl (C=O) groups is 2. The second-order valence-electron chi connectivity index (χ2n) is 4.47. The molecule has 7 nitrogen and oxygen atoms in total. The van der Waals surface area contributed by atoms with Crippen LogP contribution in [0.1, 0.15) is 27.8 Å². The number of rotatable bonds is 3. The molecule has 0 aliphatic carbocycles. The van der Waals surface area contributed by atoms with E-state index in [1.54, 1.807) is 6.92 Å². The van der Waals surface area contributed by atoms with E-state index in [-0.39, 0.29) is 30.6 Å². The summed E-state index contributed by atoms with van der Waals surface area (Å²) in [5.41, 5.74) is -0.0663. The quantitative estimate of drug-likeness (QED) is 0.813. The van der Waals surface area contributed by atoms with E-state index >= 15 is 0 Å². The maximum absolute atomic E-state index is 12.1. The van der Waals surface area contributed by atoms with Gasteiger partial charge in [-0.3, -0.25) is 4.79 Å². The number of aliphatic hydroxyl groups is 1. The molecule has 0 radical (unpaired) electrons. The third-order valence-corrected chi connectivity index (χ3v) is 2.87. The zero-order valence-electron chi connectivity index (χ0n) is 10.4. The first-order valence-corrected chi connectivity index (χ1v) is 5.88. The molecule has 0 saturated carbocycles. The highest BCUT2D eigenvalue weighted by molar-refractivity contribution is 5.95. The van der Waals surface area contributed by atoms with E-state index in [2.05, 4.69) is 0 Å². The molecule has 2 heterocycles. The van der Waals surface area contributed by atoms with E-state index in [0.29, 0.717) is 6.54 Å². The molecule has 19 heavy (non-hydrogen) atoms. The number of hydrogen-bond acceptors (Lipinski definition) is 5. The third-order valence-electron chi connectivity index (χ3n) is 2.87. The highest BCUT2D eigenvalue weighted by atomic mass is 16.5. The van der Waals surface area contributed by atoms with Gasteiger partial charge in [0, 0.05) is 19.2 Å². The summed E-state index contributed by atoms with van der Waals surface area (Å²) in [6, 6.07) is 1.19. The summed E-state index contributed by atoms with van der Waals surface area (Å²) < 4.78 is 10.4. The zero-order valence-corrected chi connectivity index (χ0v) is 10.4. The molecule has 1 amide bonds. The van der Waals surface area contributed by atoms with Crippen LogP contribution in [0.15, 0.2) is 16.7 Å². The largest absolute Gasteiger partial charge is 0.478 e. The Kier molecular flexibility index (Phi) is 3.87. The predicted octanol–water partition coefficient (Wildman–Crippen LogP) is 0.200. The maximum Gasteiger partial charge on any atom is 0.338 e. The number of carboxylic acid groups (broad SMARTS) is 1. The van der Waals surface area contributed by atoms with Crippen LogP contribution in [-0.2, 0) is 4.74 Å². The van der Waals surface area contributed by atoms with E-state index in [9.17, 15) is 9.59 Å². The van der Waals surface area contributed by atoms with Gasteiger partial charge in [0.05, 0.1) is 24.4 Å². The summed E-state index contributed by atoms with van der Waals surface area (Å²) in [6.45, 7) is 2.25. The first-order valence-electron chi connectivity index (χ1n) is 5.88. The lowest BCUT2D eigenvalue weighted by atomic mass is 10.2. The van der Waals surface area contributed by atoms with Crippen molar-refractivity contribution >= 4 is 11.9 Å². The van der Waals surface area contributed by atoms with Crippen LogP contribution in [-0.4, -0.2) is 58.9 Å². The molecule has 1 saturated heterocycles. The minimum absolute atomic E-state index is 0.0248. The second kappa shape index (κ2) is 5.41. The number of furan rings is 1. The van der Waals surface area contributed by atoms with Gasteiger partial charge in [-0.05, 0) is 6.92 Å². The lowest BCUT2D eigenvalue weighted by molar-refractivity contribution is -0.0863. The smallest absolute Gasteiger partial charge is 0.338 e. The number of ether oxygens (including phenoxy) is 1. The van der Waals surface area contributed by atoms with Crippen molar-refractivity contribution in [1.82, 2.24) is 4.90 Å². The van der Waals surface area contributed by atoms with Gasteiger partial charge in [0.15, 0.2) is 5.76 Å². The fraction of sp³-hybridized carbons (Fsp3) is 0.500. The zero-order chi connectivity index (χ0) is 14.0. The van der Waals surface area contributed by atoms with Gasteiger partial charge in [0.2, 0.25) is 0 Å². The number of hydrogen-bond donors (Lipinski definition) is 2. The molecule has 0 spiro atoms. The average molecular weight is 269 g/mol. The molecule has 1 aromatic heterocycles. The molecule has 2 rings (SSSR count). The van der Waals surface area contributed by atoms with E-state index in [0.717, 1.165) is 6.26 Å². The van der Waals surface area contributed by atoms with Crippen LogP contribution in [0.5, 0.6) is 0 Å². The lowest BCUT2D eigenvalue weighted by Crippen LogP contribution is -2.50. The van der Waals surface area contributed by atoms with Crippen molar-refractivity contribution in [2.45, 2.75) is 19.1 Å². The molecule has 2 unspecified atom stereocenters. The number of aliphatic hydroxyl groups excluding tert-OH is 1. The van der Waals surface area contributed by atoms with Gasteiger partial charge in [-0.15, -0.1) is 0 Å². The number of nitrogens with zero attached hydrogens (tertiary/aromatic N) is 1. The Morgan fingerprint density at radius 1 is 1.47 bits per heavy atom. The number of carboxylic acids is 1. The Hall–Kier alpha value is -1.86. The molecule has 104 valence electrons. The highest BCUT2D eigenvalue weighted by Gasteiger charge is 2.30. The Bertz CT molecular complexity index is 482. The monoisotopic (exact) mass is 269 g/mol. The molecule has 0 aromatic carbocycles. The summed E-state index contributed by atoms with van der Waals surface area (Å²) in [4.78, 5) is 24.4. The van der Waals surface area contributed by atoms with Crippen LogP contribution < -0.4 is 0 Å². The lowest BCUT2D eigenvalue weighted by Gasteiger charge is -2.35. The first kappa shape index (κ1) is 13.6. The summed E-state index contributed by atoms with van der Waals surface area (Å²) in [5, 5.41) is 17.9. The minimum atomic E-state index is -1.15. The van der Waals surface area contributed by atoms with Gasteiger partial charge in [-0.2, -0.15) is 0 Å². The minimum Gasteiger partial charge on any atom is -0.478 e. The van der Waals surface area contributed by atoms with Crippen LogP contribution in [0, 0.1) is 0 Å². The van der Waals surface area contributed by atoms with Gasteiger partial charge in [-0.1, -0.05) is 0 Å². The summed E-state index contributed by atoms with van der Waals surface area (Å²) in [5.74, 6) is -1.57. The molecule has 2 atom stereocenters. The fourth-order valence-corrected chi connectivity index (χ4v) is 2.03. The molecule has 1 fully saturated rings. The normalized spacial score (nSPS) is 23.4. The molecule has 7 heteroatoms. The van der Waals surface area contributed by atoms with Crippen molar-refractivity contribution in [2.75, 3.05) is 19.7 Å². The van der Waals surface area contributed by atoms with Gasteiger partial charge in [-0.25, -0.2) is 4.79 Å². The Labute approximate surface area is 109 Å². The molecular weight excluding hydrogens is 254 g/mol. The van der Waals surface area contributed by atoms with Gasteiger partial charge >= 0.3 is 5.97 Å². The number of amides is 1. The second-order valence-corrected chi connectivity index (χ2v) is 4.47. The van der Waals surface area contributed by atoms with Gasteiger partial charge < -0.3 is 24.3 Å². The Morgan fingerprint density at radius 3 is 2.79 bits per heavy atom. The van der Waals surface area contributed by atoms with Crippen molar-refractivity contribution in [3.63, 3.8) is 0 Å². The van der Waals surface area contributed by atoms with Crippen LogP contribution >= 0.6 is 0 Å². The van der Waals surface area contributed by atoms with E-state index in [1.807, 2.05) is 0 Å². The average Bonchev–Trinajstić information content (AvgIpc) is 2.86. The van der Waals surface area contributed by atoms with Crippen LogP contribution in [0.3, 0.4) is 0 Å². The molecule has 1 aliphatic heterocycles.